The molecule has 0 aliphatic carbocycles. The summed E-state index contributed by atoms with van der Waals surface area (Å²) < 4.78 is 28.0. The van der Waals surface area contributed by atoms with Crippen LogP contribution < -0.4 is 0 Å². The Morgan fingerprint density at radius 1 is 0.769 bits per heavy atom. The topological polar surface area (TPSA) is 63.2 Å². The van der Waals surface area contributed by atoms with Gasteiger partial charge >= 0.3 is 0 Å². The van der Waals surface area contributed by atoms with Crippen molar-refractivity contribution in [1.29, 1.82) is 0 Å². The number of rotatable bonds is 5. The fourth-order valence-corrected chi connectivity index (χ4v) is 6.78. The van der Waals surface area contributed by atoms with Gasteiger partial charge in [-0.2, -0.15) is 4.31 Å². The molecular formula is C29H25Cl4N3O2S. The average molecular weight is 621 g/mol. The van der Waals surface area contributed by atoms with Gasteiger partial charge in [-0.25, -0.2) is 18.4 Å². The number of aryl methyl sites for hydroxylation is 1. The minimum Gasteiger partial charge on any atom is -0.242 e. The van der Waals surface area contributed by atoms with Crippen molar-refractivity contribution < 1.29 is 8.42 Å². The lowest BCUT2D eigenvalue weighted by Gasteiger charge is -2.27. The lowest BCUT2D eigenvalue weighted by atomic mass is 10.1. The summed E-state index contributed by atoms with van der Waals surface area (Å²) in [4.78, 5) is 8.15. The molecule has 2 heterocycles. The molecule has 1 atom stereocenters. The SMILES string of the molecule is CCN([C@H](C)c1ccccc1)S(=O)(=O)c1ccc2c(Cl)cnc(Cl)c2c1.Cc1ccc2c(Cl)cnc(Cl)c2c1. The highest BCUT2D eigenvalue weighted by Gasteiger charge is 2.29. The average Bonchev–Trinajstić information content (AvgIpc) is 2.94. The maximum absolute atomic E-state index is 13.2. The molecule has 39 heavy (non-hydrogen) atoms. The van der Waals surface area contributed by atoms with E-state index in [0.717, 1.165) is 21.9 Å². The van der Waals surface area contributed by atoms with Crippen LogP contribution in [0.15, 0.2) is 84.0 Å². The second-order valence-corrected chi connectivity index (χ2v) is 12.3. The molecule has 2 aromatic heterocycles. The molecule has 0 saturated carbocycles. The molecule has 0 saturated heterocycles. The van der Waals surface area contributed by atoms with Crippen LogP contribution in [0.1, 0.15) is 31.0 Å². The normalized spacial score (nSPS) is 12.4. The molecule has 0 fully saturated rings. The van der Waals surface area contributed by atoms with E-state index in [2.05, 4.69) is 9.97 Å². The number of hydrogen-bond donors (Lipinski definition) is 0. The van der Waals surface area contributed by atoms with E-state index < -0.39 is 10.0 Å². The molecule has 0 radical (unpaired) electrons. The number of halogens is 4. The Morgan fingerprint density at radius 3 is 1.87 bits per heavy atom. The molecule has 0 amide bonds. The summed E-state index contributed by atoms with van der Waals surface area (Å²) in [5, 5.41) is 4.84. The van der Waals surface area contributed by atoms with Gasteiger partial charge in [0.1, 0.15) is 10.3 Å². The predicted molar refractivity (Wildman–Crippen MR) is 163 cm³/mol. The lowest BCUT2D eigenvalue weighted by Crippen LogP contribution is -2.33. The van der Waals surface area contributed by atoms with Crippen LogP contribution in [0.5, 0.6) is 0 Å². The molecule has 0 unspecified atom stereocenters. The third-order valence-corrected chi connectivity index (χ3v) is 9.59. The van der Waals surface area contributed by atoms with Crippen molar-refractivity contribution in [3.63, 3.8) is 0 Å². The molecule has 202 valence electrons. The van der Waals surface area contributed by atoms with Gasteiger partial charge in [0.15, 0.2) is 0 Å². The molecule has 0 aliphatic rings. The van der Waals surface area contributed by atoms with E-state index in [0.29, 0.717) is 32.5 Å². The van der Waals surface area contributed by atoms with Crippen LogP contribution in [-0.4, -0.2) is 29.2 Å². The lowest BCUT2D eigenvalue weighted by molar-refractivity contribution is 0.357. The van der Waals surface area contributed by atoms with Crippen LogP contribution in [-0.2, 0) is 10.0 Å². The van der Waals surface area contributed by atoms with E-state index in [4.69, 9.17) is 46.4 Å². The number of pyridine rings is 2. The quantitative estimate of drug-likeness (QED) is 0.184. The zero-order valence-electron chi connectivity index (χ0n) is 21.4. The van der Waals surface area contributed by atoms with Gasteiger partial charge in [0.2, 0.25) is 10.0 Å². The Bertz CT molecular complexity index is 1750. The summed E-state index contributed by atoms with van der Waals surface area (Å²) >= 11 is 24.2. The second-order valence-electron chi connectivity index (χ2n) is 8.85. The summed E-state index contributed by atoms with van der Waals surface area (Å²) in [5.74, 6) is 0. The van der Waals surface area contributed by atoms with Gasteiger partial charge in [-0.1, -0.05) is 107 Å². The molecule has 0 N–H and O–H groups in total. The highest BCUT2D eigenvalue weighted by molar-refractivity contribution is 7.89. The van der Waals surface area contributed by atoms with E-state index in [-0.39, 0.29) is 16.1 Å². The summed E-state index contributed by atoms with van der Waals surface area (Å²) in [6.07, 6.45) is 3.03. The Kier molecular flexibility index (Phi) is 9.37. The van der Waals surface area contributed by atoms with Crippen molar-refractivity contribution in [3.05, 3.63) is 111 Å². The fourth-order valence-electron chi connectivity index (χ4n) is 4.29. The Hall–Kier alpha value is -2.45. The van der Waals surface area contributed by atoms with E-state index >= 15 is 0 Å². The Balaban J connectivity index is 0.000000226. The molecular weight excluding hydrogens is 596 g/mol. The number of fused-ring (bicyclic) bond motifs is 2. The first-order chi connectivity index (χ1) is 18.5. The molecule has 10 heteroatoms. The molecule has 0 bridgehead atoms. The monoisotopic (exact) mass is 619 g/mol. The summed E-state index contributed by atoms with van der Waals surface area (Å²) in [6.45, 7) is 6.06. The summed E-state index contributed by atoms with van der Waals surface area (Å²) in [7, 11) is -3.72. The van der Waals surface area contributed by atoms with Crippen LogP contribution in [0.25, 0.3) is 21.5 Å². The summed E-state index contributed by atoms with van der Waals surface area (Å²) in [5.41, 5.74) is 2.08. The van der Waals surface area contributed by atoms with Crippen molar-refractivity contribution in [3.8, 4) is 0 Å². The number of hydrogen-bond acceptors (Lipinski definition) is 4. The number of benzene rings is 3. The van der Waals surface area contributed by atoms with E-state index in [9.17, 15) is 8.42 Å². The molecule has 5 nitrogen and oxygen atoms in total. The first-order valence-corrected chi connectivity index (χ1v) is 15.0. The largest absolute Gasteiger partial charge is 0.243 e. The standard InChI is InChI=1S/C19H18Cl2N2O2S.C10H7Cl2N/c1-3-23(13(2)14-7-5-4-6-8-14)26(24,25)15-9-10-16-17(11-15)19(21)22-12-18(16)20;1-6-2-3-7-8(4-6)10(12)13-5-9(7)11/h4-13H,3H2,1-2H3;2-5H,1H3/t13-;/m1./s1. The van der Waals surface area contributed by atoms with Crippen LogP contribution in [0.3, 0.4) is 0 Å². The van der Waals surface area contributed by atoms with Crippen molar-refractivity contribution >= 4 is 78.0 Å². The van der Waals surface area contributed by atoms with Gasteiger partial charge in [0.25, 0.3) is 0 Å². The van der Waals surface area contributed by atoms with E-state index in [1.807, 2.05) is 69.3 Å². The highest BCUT2D eigenvalue weighted by atomic mass is 35.5. The van der Waals surface area contributed by atoms with Crippen LogP contribution in [0.4, 0.5) is 0 Å². The third kappa shape index (κ3) is 6.32. The van der Waals surface area contributed by atoms with Crippen molar-refractivity contribution in [1.82, 2.24) is 14.3 Å². The van der Waals surface area contributed by atoms with E-state index in [1.165, 1.54) is 16.6 Å². The highest BCUT2D eigenvalue weighted by Crippen LogP contribution is 2.33. The van der Waals surface area contributed by atoms with Crippen LogP contribution in [0.2, 0.25) is 20.4 Å². The predicted octanol–water partition coefficient (Wildman–Crippen LogP) is 9.16. The molecule has 0 aliphatic heterocycles. The molecule has 5 aromatic rings. The van der Waals surface area contributed by atoms with Crippen LogP contribution in [0, 0.1) is 6.92 Å². The van der Waals surface area contributed by atoms with Gasteiger partial charge in [-0.05, 0) is 37.6 Å². The number of aromatic nitrogens is 2. The van der Waals surface area contributed by atoms with Crippen molar-refractivity contribution in [2.24, 2.45) is 0 Å². The first-order valence-electron chi connectivity index (χ1n) is 12.1. The maximum atomic E-state index is 13.2. The maximum Gasteiger partial charge on any atom is 0.243 e. The third-order valence-electron chi connectivity index (χ3n) is 6.34. The fraction of sp³-hybridized carbons (Fsp3) is 0.172. The smallest absolute Gasteiger partial charge is 0.242 e. The first kappa shape index (κ1) is 29.5. The number of sulfonamides is 1. The van der Waals surface area contributed by atoms with Gasteiger partial charge < -0.3 is 0 Å². The van der Waals surface area contributed by atoms with E-state index in [1.54, 1.807) is 18.3 Å². The minimum absolute atomic E-state index is 0.167. The molecule has 5 rings (SSSR count). The van der Waals surface area contributed by atoms with Gasteiger partial charge in [-0.3, -0.25) is 0 Å². The van der Waals surface area contributed by atoms with Crippen molar-refractivity contribution in [2.45, 2.75) is 31.7 Å². The zero-order valence-corrected chi connectivity index (χ0v) is 25.2. The molecule has 0 spiro atoms. The summed E-state index contributed by atoms with van der Waals surface area (Å²) in [6, 6.07) is 19.9. The van der Waals surface area contributed by atoms with Gasteiger partial charge in [-0.15, -0.1) is 0 Å². The van der Waals surface area contributed by atoms with Gasteiger partial charge in [0.05, 0.1) is 14.9 Å². The zero-order chi connectivity index (χ0) is 28.3. The van der Waals surface area contributed by atoms with Crippen LogP contribution >= 0.6 is 46.4 Å². The Labute approximate surface area is 248 Å². The second kappa shape index (κ2) is 12.4. The number of nitrogens with zero attached hydrogens (tertiary/aromatic N) is 3. The van der Waals surface area contributed by atoms with Crippen molar-refractivity contribution in [2.75, 3.05) is 6.54 Å². The Morgan fingerprint density at radius 2 is 1.31 bits per heavy atom. The molecule has 3 aromatic carbocycles. The minimum atomic E-state index is -3.72. The van der Waals surface area contributed by atoms with Gasteiger partial charge in [0, 0.05) is 46.5 Å².